The number of amides is 1. The summed E-state index contributed by atoms with van der Waals surface area (Å²) in [6.45, 7) is 0.370. The number of Topliss-reactive ketones (excluding diaryl/α,β-unsaturated/α-hetero) is 1. The topological polar surface area (TPSA) is 57.6 Å². The van der Waals surface area contributed by atoms with Crippen molar-refractivity contribution in [2.75, 3.05) is 6.54 Å². The highest BCUT2D eigenvalue weighted by Crippen LogP contribution is 2.47. The Morgan fingerprint density at radius 1 is 1.27 bits per heavy atom. The molecule has 3 rings (SSSR count). The zero-order valence-corrected chi connectivity index (χ0v) is 8.61. The minimum atomic E-state index is -0.632. The van der Waals surface area contributed by atoms with E-state index in [1.165, 1.54) is 0 Å². The lowest BCUT2D eigenvalue weighted by molar-refractivity contribution is -0.151. The number of aliphatic hydroxyl groups excluding tert-OH is 1. The summed E-state index contributed by atoms with van der Waals surface area (Å²) in [5, 5.41) is 9.84. The molecule has 2 heterocycles. The molecule has 3 fully saturated rings. The van der Waals surface area contributed by atoms with Gasteiger partial charge in [0.1, 0.15) is 5.78 Å². The van der Waals surface area contributed by atoms with E-state index in [0.29, 0.717) is 25.8 Å². The SMILES string of the molecule is O=C1CC[C@]23CCC(=O)N2C[C@H](O)[C@H]1C3. The molecule has 2 saturated heterocycles. The van der Waals surface area contributed by atoms with E-state index in [1.807, 2.05) is 4.90 Å². The highest BCUT2D eigenvalue weighted by molar-refractivity contribution is 5.86. The van der Waals surface area contributed by atoms with Crippen LogP contribution in [0.3, 0.4) is 0 Å². The largest absolute Gasteiger partial charge is 0.391 e. The Bertz CT molecular complexity index is 341. The smallest absolute Gasteiger partial charge is 0.223 e. The van der Waals surface area contributed by atoms with Crippen LogP contribution in [0.25, 0.3) is 0 Å². The van der Waals surface area contributed by atoms with Crippen molar-refractivity contribution < 1.29 is 14.7 Å². The van der Waals surface area contributed by atoms with Crippen LogP contribution in [-0.4, -0.2) is 39.9 Å². The molecular weight excluding hydrogens is 194 g/mol. The van der Waals surface area contributed by atoms with Gasteiger partial charge in [-0.2, -0.15) is 0 Å². The molecule has 2 aliphatic heterocycles. The van der Waals surface area contributed by atoms with E-state index in [4.69, 9.17) is 0 Å². The normalized spacial score (nSPS) is 44.5. The lowest BCUT2D eigenvalue weighted by Gasteiger charge is -2.50. The summed E-state index contributed by atoms with van der Waals surface area (Å²) < 4.78 is 0. The zero-order chi connectivity index (χ0) is 10.6. The van der Waals surface area contributed by atoms with E-state index in [9.17, 15) is 14.7 Å². The van der Waals surface area contributed by atoms with Gasteiger partial charge in [0.2, 0.25) is 5.91 Å². The summed E-state index contributed by atoms with van der Waals surface area (Å²) in [4.78, 5) is 25.1. The number of hydrogen-bond acceptors (Lipinski definition) is 3. The Balaban J connectivity index is 1.97. The monoisotopic (exact) mass is 209 g/mol. The summed E-state index contributed by atoms with van der Waals surface area (Å²) in [7, 11) is 0. The second kappa shape index (κ2) is 2.82. The Hall–Kier alpha value is -0.900. The van der Waals surface area contributed by atoms with Crippen LogP contribution in [-0.2, 0) is 9.59 Å². The first kappa shape index (κ1) is 9.33. The second-order valence-electron chi connectivity index (χ2n) is 5.07. The van der Waals surface area contributed by atoms with E-state index < -0.39 is 6.10 Å². The van der Waals surface area contributed by atoms with Gasteiger partial charge in [-0.15, -0.1) is 0 Å². The molecule has 0 aromatic heterocycles. The summed E-state index contributed by atoms with van der Waals surface area (Å²) in [5.41, 5.74) is -0.0745. The first-order valence-corrected chi connectivity index (χ1v) is 5.64. The van der Waals surface area contributed by atoms with Gasteiger partial charge in [-0.1, -0.05) is 0 Å². The fraction of sp³-hybridized carbons (Fsp3) is 0.818. The van der Waals surface area contributed by atoms with Crippen LogP contribution in [0.2, 0.25) is 0 Å². The van der Waals surface area contributed by atoms with Crippen LogP contribution in [0, 0.1) is 5.92 Å². The Morgan fingerprint density at radius 3 is 2.80 bits per heavy atom. The number of ketones is 1. The third kappa shape index (κ3) is 1.11. The molecule has 0 unspecified atom stereocenters. The molecule has 82 valence electrons. The van der Waals surface area contributed by atoms with E-state index >= 15 is 0 Å². The summed E-state index contributed by atoms with van der Waals surface area (Å²) in [6, 6.07) is 0. The van der Waals surface area contributed by atoms with Crippen LogP contribution < -0.4 is 0 Å². The molecule has 1 aliphatic carbocycles. The van der Waals surface area contributed by atoms with Crippen molar-refractivity contribution in [1.82, 2.24) is 4.90 Å². The molecule has 0 aromatic carbocycles. The van der Waals surface area contributed by atoms with E-state index in [0.717, 1.165) is 12.8 Å². The summed E-state index contributed by atoms with van der Waals surface area (Å²) in [5.74, 6) is 0.134. The molecule has 15 heavy (non-hydrogen) atoms. The minimum absolute atomic E-state index is 0.0745. The fourth-order valence-electron chi connectivity index (χ4n) is 3.47. The molecular formula is C11H15NO3. The molecule has 3 atom stereocenters. The quantitative estimate of drug-likeness (QED) is 0.615. The molecule has 1 spiro atoms. The molecule has 0 aromatic rings. The molecule has 4 heteroatoms. The van der Waals surface area contributed by atoms with Gasteiger partial charge in [0.05, 0.1) is 6.10 Å². The number of β-amino-alcohol motifs (C(OH)–C–C–N with tert-alkyl or cyclic N) is 1. The van der Waals surface area contributed by atoms with Crippen LogP contribution in [0.1, 0.15) is 32.1 Å². The lowest BCUT2D eigenvalue weighted by atomic mass is 9.69. The Morgan fingerprint density at radius 2 is 2.00 bits per heavy atom. The predicted octanol–water partition coefficient (Wildman–Crippen LogP) is 0.0913. The van der Waals surface area contributed by atoms with Crippen LogP contribution in [0.5, 0.6) is 0 Å². The van der Waals surface area contributed by atoms with Crippen molar-refractivity contribution in [2.45, 2.75) is 43.7 Å². The van der Waals surface area contributed by atoms with Gasteiger partial charge in [0.25, 0.3) is 0 Å². The number of carbonyl (C=O) groups excluding carboxylic acids is 2. The number of nitrogens with zero attached hydrogens (tertiary/aromatic N) is 1. The molecule has 4 nitrogen and oxygen atoms in total. The van der Waals surface area contributed by atoms with Gasteiger partial charge in [-0.25, -0.2) is 0 Å². The van der Waals surface area contributed by atoms with Crippen molar-refractivity contribution in [2.24, 2.45) is 5.92 Å². The van der Waals surface area contributed by atoms with Crippen molar-refractivity contribution in [3.05, 3.63) is 0 Å². The van der Waals surface area contributed by atoms with E-state index in [2.05, 4.69) is 0 Å². The molecule has 0 radical (unpaired) electrons. The predicted molar refractivity (Wildman–Crippen MR) is 52.0 cm³/mol. The third-order valence-corrected chi connectivity index (χ3v) is 4.36. The molecule has 2 bridgehead atoms. The number of piperidine rings is 1. The van der Waals surface area contributed by atoms with Gasteiger partial charge < -0.3 is 10.0 Å². The van der Waals surface area contributed by atoms with Gasteiger partial charge in [-0.3, -0.25) is 9.59 Å². The van der Waals surface area contributed by atoms with Crippen LogP contribution in [0.15, 0.2) is 0 Å². The van der Waals surface area contributed by atoms with Crippen molar-refractivity contribution >= 4 is 11.7 Å². The van der Waals surface area contributed by atoms with Crippen LogP contribution in [0.4, 0.5) is 0 Å². The second-order valence-corrected chi connectivity index (χ2v) is 5.07. The molecule has 3 aliphatic rings. The minimum Gasteiger partial charge on any atom is -0.391 e. The average Bonchev–Trinajstić information content (AvgIpc) is 2.52. The van der Waals surface area contributed by atoms with Crippen LogP contribution >= 0.6 is 0 Å². The number of fused-ring (bicyclic) bond motifs is 1. The highest BCUT2D eigenvalue weighted by Gasteiger charge is 2.55. The number of hydrogen-bond donors (Lipinski definition) is 1. The average molecular weight is 209 g/mol. The van der Waals surface area contributed by atoms with Gasteiger partial charge in [0, 0.05) is 30.8 Å². The standard InChI is InChI=1S/C11H15NO3/c13-8-1-3-11-4-2-10(15)12(11)6-9(14)7(8)5-11/h7,9,14H,1-6H2/t7-,9-,11+/m0/s1. The van der Waals surface area contributed by atoms with E-state index in [1.54, 1.807) is 0 Å². The molecule has 1 saturated carbocycles. The lowest BCUT2D eigenvalue weighted by Crippen LogP contribution is -2.60. The first-order chi connectivity index (χ1) is 7.12. The fourth-order valence-corrected chi connectivity index (χ4v) is 3.47. The first-order valence-electron chi connectivity index (χ1n) is 5.64. The molecule has 1 N–H and O–H groups in total. The van der Waals surface area contributed by atoms with Gasteiger partial charge in [0.15, 0.2) is 0 Å². The van der Waals surface area contributed by atoms with E-state index in [-0.39, 0.29) is 23.1 Å². The Kier molecular flexibility index (Phi) is 1.75. The number of rotatable bonds is 0. The molecule has 1 amide bonds. The van der Waals surface area contributed by atoms with Crippen molar-refractivity contribution in [3.63, 3.8) is 0 Å². The maximum Gasteiger partial charge on any atom is 0.223 e. The van der Waals surface area contributed by atoms with Gasteiger partial charge in [-0.05, 0) is 19.3 Å². The summed E-state index contributed by atoms with van der Waals surface area (Å²) >= 11 is 0. The highest BCUT2D eigenvalue weighted by atomic mass is 16.3. The van der Waals surface area contributed by atoms with Gasteiger partial charge >= 0.3 is 0 Å². The number of carbonyl (C=O) groups is 2. The van der Waals surface area contributed by atoms with Crippen molar-refractivity contribution in [3.8, 4) is 0 Å². The number of aliphatic hydroxyl groups is 1. The maximum absolute atomic E-state index is 11.7. The summed E-state index contributed by atoms with van der Waals surface area (Å²) in [6.07, 6.45) is 2.87. The maximum atomic E-state index is 11.7. The van der Waals surface area contributed by atoms with Crippen molar-refractivity contribution in [1.29, 1.82) is 0 Å². The zero-order valence-electron chi connectivity index (χ0n) is 8.61. The third-order valence-electron chi connectivity index (χ3n) is 4.36. The Labute approximate surface area is 88.2 Å².